The molecule has 1 aromatic rings. The van der Waals surface area contributed by atoms with Crippen LogP contribution in [0.5, 0.6) is 0 Å². The van der Waals surface area contributed by atoms with Gasteiger partial charge in [-0.1, -0.05) is 34.8 Å². The molecule has 4 N–H and O–H groups in total. The summed E-state index contributed by atoms with van der Waals surface area (Å²) in [6, 6.07) is 1.79. The van der Waals surface area contributed by atoms with E-state index >= 15 is 0 Å². The van der Waals surface area contributed by atoms with Crippen LogP contribution in [-0.4, -0.2) is 0 Å². The topological polar surface area (TPSA) is 75.8 Å². The molecule has 0 aliphatic rings. The molecule has 0 aliphatic carbocycles. The number of anilines is 2. The Bertz CT molecular complexity index is 379. The summed E-state index contributed by atoms with van der Waals surface area (Å²) in [6.07, 6.45) is 0. The van der Waals surface area contributed by atoms with Crippen LogP contribution in [0.4, 0.5) is 11.4 Å². The standard InChI is InChI=1S/C7H4Cl3N3/c8-3-2(1-11)6(12)5(10)7(13)4(3)9/h12-13H2. The van der Waals surface area contributed by atoms with E-state index in [1.807, 2.05) is 0 Å². The molecule has 0 atom stereocenters. The quantitative estimate of drug-likeness (QED) is 0.537. The van der Waals surface area contributed by atoms with Gasteiger partial charge in [0.15, 0.2) is 0 Å². The molecule has 1 rings (SSSR count). The fraction of sp³-hybridized carbons (Fsp3) is 0. The van der Waals surface area contributed by atoms with Crippen LogP contribution < -0.4 is 11.5 Å². The molecule has 1 aromatic carbocycles. The zero-order valence-electron chi connectivity index (χ0n) is 6.24. The summed E-state index contributed by atoms with van der Waals surface area (Å²) in [5.41, 5.74) is 11.1. The molecule has 3 nitrogen and oxygen atoms in total. The van der Waals surface area contributed by atoms with Crippen molar-refractivity contribution < 1.29 is 0 Å². The van der Waals surface area contributed by atoms with Gasteiger partial charge in [-0.2, -0.15) is 5.26 Å². The van der Waals surface area contributed by atoms with Gasteiger partial charge >= 0.3 is 0 Å². The Morgan fingerprint density at radius 2 is 1.46 bits per heavy atom. The van der Waals surface area contributed by atoms with Crippen molar-refractivity contribution in [2.75, 3.05) is 11.5 Å². The third kappa shape index (κ3) is 1.49. The Labute approximate surface area is 89.8 Å². The Morgan fingerprint density at radius 1 is 0.923 bits per heavy atom. The van der Waals surface area contributed by atoms with Gasteiger partial charge in [0.2, 0.25) is 0 Å². The molecule has 0 saturated heterocycles. The number of rotatable bonds is 0. The van der Waals surface area contributed by atoms with Gasteiger partial charge in [-0.05, 0) is 0 Å². The molecule has 0 spiro atoms. The van der Waals surface area contributed by atoms with Crippen molar-refractivity contribution in [3.05, 3.63) is 20.6 Å². The van der Waals surface area contributed by atoms with Crippen LogP contribution in [0.2, 0.25) is 15.1 Å². The summed E-state index contributed by atoms with van der Waals surface area (Å²) in [5.74, 6) is 0. The van der Waals surface area contributed by atoms with Crippen molar-refractivity contribution in [1.29, 1.82) is 5.26 Å². The van der Waals surface area contributed by atoms with Crippen molar-refractivity contribution in [3.63, 3.8) is 0 Å². The van der Waals surface area contributed by atoms with Crippen LogP contribution in [0.1, 0.15) is 5.56 Å². The van der Waals surface area contributed by atoms with Crippen LogP contribution >= 0.6 is 34.8 Å². The highest BCUT2D eigenvalue weighted by atomic mass is 35.5. The number of halogens is 3. The zero-order valence-corrected chi connectivity index (χ0v) is 8.50. The highest BCUT2D eigenvalue weighted by Gasteiger charge is 2.17. The maximum Gasteiger partial charge on any atom is 0.103 e. The molecule has 0 fully saturated rings. The van der Waals surface area contributed by atoms with Crippen LogP contribution in [-0.2, 0) is 0 Å². The lowest BCUT2D eigenvalue weighted by Crippen LogP contribution is -1.98. The summed E-state index contributed by atoms with van der Waals surface area (Å²) in [5, 5.41) is 8.81. The van der Waals surface area contributed by atoms with Crippen LogP contribution in [0.15, 0.2) is 0 Å². The first-order valence-electron chi connectivity index (χ1n) is 3.12. The summed E-state index contributed by atoms with van der Waals surface area (Å²) in [4.78, 5) is 0. The third-order valence-corrected chi connectivity index (χ3v) is 2.78. The van der Waals surface area contributed by atoms with Gasteiger partial charge in [0, 0.05) is 0 Å². The smallest absolute Gasteiger partial charge is 0.103 e. The van der Waals surface area contributed by atoms with E-state index in [-0.39, 0.29) is 32.0 Å². The number of nitrogens with zero attached hydrogens (tertiary/aromatic N) is 1. The second-order valence-corrected chi connectivity index (χ2v) is 3.39. The second kappa shape index (κ2) is 3.51. The van der Waals surface area contributed by atoms with Gasteiger partial charge in [-0.3, -0.25) is 0 Å². The number of nitrogens with two attached hydrogens (primary N) is 2. The average molecular weight is 236 g/mol. The van der Waals surface area contributed by atoms with Gasteiger partial charge in [-0.25, -0.2) is 0 Å². The summed E-state index contributed by atoms with van der Waals surface area (Å²) >= 11 is 17.1. The fourth-order valence-corrected chi connectivity index (χ4v) is 1.48. The highest BCUT2D eigenvalue weighted by molar-refractivity contribution is 6.47. The van der Waals surface area contributed by atoms with Gasteiger partial charge in [0.1, 0.15) is 6.07 Å². The lowest BCUT2D eigenvalue weighted by molar-refractivity contribution is 1.48. The van der Waals surface area contributed by atoms with E-state index in [0.29, 0.717) is 0 Å². The predicted molar refractivity (Wildman–Crippen MR) is 55.0 cm³/mol. The van der Waals surface area contributed by atoms with Crippen molar-refractivity contribution >= 4 is 46.2 Å². The Balaban J connectivity index is 3.69. The summed E-state index contributed by atoms with van der Waals surface area (Å²) < 4.78 is 0. The lowest BCUT2D eigenvalue weighted by atomic mass is 10.2. The van der Waals surface area contributed by atoms with E-state index in [0.717, 1.165) is 0 Å². The molecule has 13 heavy (non-hydrogen) atoms. The van der Waals surface area contributed by atoms with Crippen LogP contribution in [0.25, 0.3) is 0 Å². The van der Waals surface area contributed by atoms with Crippen LogP contribution in [0, 0.1) is 11.3 Å². The molecule has 0 radical (unpaired) electrons. The first-order valence-corrected chi connectivity index (χ1v) is 4.25. The monoisotopic (exact) mass is 235 g/mol. The number of hydrogen-bond donors (Lipinski definition) is 2. The Hall–Kier alpha value is -0.820. The SMILES string of the molecule is N#Cc1c(N)c(Cl)c(N)c(Cl)c1Cl. The van der Waals surface area contributed by atoms with Gasteiger partial charge < -0.3 is 11.5 Å². The van der Waals surface area contributed by atoms with E-state index in [2.05, 4.69) is 0 Å². The number of nitrogen functional groups attached to an aromatic ring is 2. The second-order valence-electron chi connectivity index (χ2n) is 2.26. The van der Waals surface area contributed by atoms with Gasteiger partial charge in [-0.15, -0.1) is 0 Å². The number of hydrogen-bond acceptors (Lipinski definition) is 3. The predicted octanol–water partition coefficient (Wildman–Crippen LogP) is 2.68. The summed E-state index contributed by atoms with van der Waals surface area (Å²) in [7, 11) is 0. The average Bonchev–Trinajstić information content (AvgIpc) is 2.13. The number of nitriles is 1. The first kappa shape index (κ1) is 10.3. The van der Waals surface area contributed by atoms with Crippen molar-refractivity contribution in [3.8, 4) is 6.07 Å². The van der Waals surface area contributed by atoms with Crippen LogP contribution in [0.3, 0.4) is 0 Å². The van der Waals surface area contributed by atoms with E-state index < -0.39 is 0 Å². The minimum atomic E-state index is 0.0311. The summed E-state index contributed by atoms with van der Waals surface area (Å²) in [6.45, 7) is 0. The minimum absolute atomic E-state index is 0.0311. The molecule has 0 saturated carbocycles. The van der Waals surface area contributed by atoms with E-state index in [9.17, 15) is 0 Å². The highest BCUT2D eigenvalue weighted by Crippen LogP contribution is 2.41. The number of benzene rings is 1. The maximum absolute atomic E-state index is 8.67. The van der Waals surface area contributed by atoms with E-state index in [1.54, 1.807) is 6.07 Å². The molecule has 0 aliphatic heterocycles. The van der Waals surface area contributed by atoms with Gasteiger partial charge in [0.05, 0.1) is 32.0 Å². The molecule has 0 bridgehead atoms. The molecule has 0 heterocycles. The molecule has 0 amide bonds. The normalized spacial score (nSPS) is 9.69. The van der Waals surface area contributed by atoms with Crippen molar-refractivity contribution in [2.45, 2.75) is 0 Å². The van der Waals surface area contributed by atoms with Crippen molar-refractivity contribution in [1.82, 2.24) is 0 Å². The van der Waals surface area contributed by atoms with Crippen molar-refractivity contribution in [2.24, 2.45) is 0 Å². The maximum atomic E-state index is 8.67. The minimum Gasteiger partial charge on any atom is -0.396 e. The third-order valence-electron chi connectivity index (χ3n) is 1.50. The fourth-order valence-electron chi connectivity index (χ4n) is 0.807. The Morgan fingerprint density at radius 3 is 1.92 bits per heavy atom. The molecule has 0 aromatic heterocycles. The van der Waals surface area contributed by atoms with Gasteiger partial charge in [0.25, 0.3) is 0 Å². The largest absolute Gasteiger partial charge is 0.396 e. The molecule has 6 heteroatoms. The molecule has 0 unspecified atom stereocenters. The zero-order chi connectivity index (χ0) is 10.2. The molecular weight excluding hydrogens is 232 g/mol. The Kier molecular flexibility index (Phi) is 2.77. The van der Waals surface area contributed by atoms with E-state index in [4.69, 9.17) is 51.5 Å². The molecule has 68 valence electrons. The molecular formula is C7H4Cl3N3. The lowest BCUT2D eigenvalue weighted by Gasteiger charge is -2.08. The van der Waals surface area contributed by atoms with E-state index in [1.165, 1.54) is 0 Å². The first-order chi connectivity index (χ1) is 6.00.